The van der Waals surface area contributed by atoms with Crippen LogP contribution in [0.15, 0.2) is 46.1 Å². The second-order valence-corrected chi connectivity index (χ2v) is 5.95. The number of nitrogens with zero attached hydrogens (tertiary/aromatic N) is 1. The quantitative estimate of drug-likeness (QED) is 0.762. The minimum Gasteiger partial charge on any atom is -0.324 e. The number of hydrogen-bond donors (Lipinski definition) is 3. The van der Waals surface area contributed by atoms with Gasteiger partial charge >= 0.3 is 0 Å². The number of nitrogens with two attached hydrogens (primary N) is 1. The summed E-state index contributed by atoms with van der Waals surface area (Å²) in [5.74, 6) is 0.0425. The third-order valence-corrected chi connectivity index (χ3v) is 4.00. The lowest BCUT2D eigenvalue weighted by atomic mass is 10.1. The number of aromatic nitrogens is 2. The summed E-state index contributed by atoms with van der Waals surface area (Å²) in [5, 5.41) is 5.74. The number of hydrogen-bond acceptors (Lipinski definition) is 5. The molecule has 0 aliphatic heterocycles. The van der Waals surface area contributed by atoms with Gasteiger partial charge in [0.2, 0.25) is 0 Å². The summed E-state index contributed by atoms with van der Waals surface area (Å²) in [6.45, 7) is 1.81. The minimum absolute atomic E-state index is 0.0425. The van der Waals surface area contributed by atoms with Crippen molar-refractivity contribution >= 4 is 15.8 Å². The van der Waals surface area contributed by atoms with Crippen LogP contribution in [0, 0.1) is 0 Å². The average Bonchev–Trinajstić information content (AvgIpc) is 2.41. The van der Waals surface area contributed by atoms with Crippen molar-refractivity contribution in [3.8, 4) is 0 Å². The highest BCUT2D eigenvalue weighted by Crippen LogP contribution is 2.16. The lowest BCUT2D eigenvalue weighted by Gasteiger charge is -2.09. The van der Waals surface area contributed by atoms with E-state index in [1.807, 2.05) is 6.92 Å². The molecule has 0 amide bonds. The first-order valence-corrected chi connectivity index (χ1v) is 7.31. The number of nitrogens with one attached hydrogen (secondary N) is 2. The third kappa shape index (κ3) is 3.22. The highest BCUT2D eigenvalue weighted by Gasteiger charge is 2.15. The smallest absolute Gasteiger partial charge is 0.264 e. The second kappa shape index (κ2) is 5.43. The number of anilines is 1. The zero-order chi connectivity index (χ0) is 14.8. The summed E-state index contributed by atoms with van der Waals surface area (Å²) < 4.78 is 26.5. The zero-order valence-electron chi connectivity index (χ0n) is 10.7. The molecule has 1 atom stereocenters. The van der Waals surface area contributed by atoms with Crippen LogP contribution in [0.5, 0.6) is 0 Å². The normalized spacial score (nSPS) is 12.9. The maximum atomic E-state index is 12.1. The monoisotopic (exact) mass is 294 g/mol. The first kappa shape index (κ1) is 14.2. The first-order chi connectivity index (χ1) is 9.38. The number of rotatable bonds is 4. The van der Waals surface area contributed by atoms with E-state index in [0.29, 0.717) is 0 Å². The Morgan fingerprint density at radius 2 is 1.85 bits per heavy atom. The Balaban J connectivity index is 2.26. The average molecular weight is 294 g/mol. The number of aromatic amines is 1. The van der Waals surface area contributed by atoms with Crippen LogP contribution in [-0.2, 0) is 10.0 Å². The molecule has 2 aromatic rings. The van der Waals surface area contributed by atoms with E-state index in [9.17, 15) is 13.2 Å². The largest absolute Gasteiger partial charge is 0.324 e. The van der Waals surface area contributed by atoms with Crippen molar-refractivity contribution in [3.05, 3.63) is 52.3 Å². The van der Waals surface area contributed by atoms with Gasteiger partial charge in [0.05, 0.1) is 4.90 Å². The van der Waals surface area contributed by atoms with E-state index in [-0.39, 0.29) is 16.8 Å². The molecule has 106 valence electrons. The summed E-state index contributed by atoms with van der Waals surface area (Å²) in [6.07, 6.45) is 0. The van der Waals surface area contributed by atoms with Crippen LogP contribution in [0.2, 0.25) is 0 Å². The van der Waals surface area contributed by atoms with Gasteiger partial charge in [0.1, 0.15) is 0 Å². The van der Waals surface area contributed by atoms with Gasteiger partial charge in [0, 0.05) is 12.1 Å². The molecule has 4 N–H and O–H groups in total. The van der Waals surface area contributed by atoms with Crippen LogP contribution in [0.4, 0.5) is 5.82 Å². The Labute approximate surface area is 115 Å². The van der Waals surface area contributed by atoms with E-state index in [0.717, 1.165) is 5.56 Å². The fourth-order valence-corrected chi connectivity index (χ4v) is 2.55. The van der Waals surface area contributed by atoms with Crippen LogP contribution in [0.3, 0.4) is 0 Å². The summed E-state index contributed by atoms with van der Waals surface area (Å²) in [4.78, 5) is 10.9. The van der Waals surface area contributed by atoms with Crippen LogP contribution < -0.4 is 16.0 Å². The van der Waals surface area contributed by atoms with E-state index < -0.39 is 15.6 Å². The van der Waals surface area contributed by atoms with Gasteiger partial charge in [-0.3, -0.25) is 9.52 Å². The van der Waals surface area contributed by atoms with Crippen LogP contribution >= 0.6 is 0 Å². The molecule has 0 spiro atoms. The Kier molecular flexibility index (Phi) is 3.86. The summed E-state index contributed by atoms with van der Waals surface area (Å²) in [6, 6.07) is 8.54. The van der Waals surface area contributed by atoms with E-state index in [1.165, 1.54) is 24.3 Å². The van der Waals surface area contributed by atoms with Gasteiger partial charge in [0.15, 0.2) is 5.82 Å². The lowest BCUT2D eigenvalue weighted by Crippen LogP contribution is -2.16. The van der Waals surface area contributed by atoms with E-state index in [2.05, 4.69) is 14.9 Å². The number of sulfonamides is 1. The van der Waals surface area contributed by atoms with Crippen molar-refractivity contribution in [3.63, 3.8) is 0 Å². The molecule has 8 heteroatoms. The highest BCUT2D eigenvalue weighted by atomic mass is 32.2. The molecule has 1 unspecified atom stereocenters. The van der Waals surface area contributed by atoms with Gasteiger partial charge in [-0.05, 0) is 30.7 Å². The maximum absolute atomic E-state index is 12.1. The van der Waals surface area contributed by atoms with Crippen molar-refractivity contribution in [1.29, 1.82) is 0 Å². The van der Waals surface area contributed by atoms with Gasteiger partial charge in [-0.2, -0.15) is 5.10 Å². The Morgan fingerprint density at radius 3 is 2.35 bits per heavy atom. The fraction of sp³-hybridized carbons (Fsp3) is 0.167. The summed E-state index contributed by atoms with van der Waals surface area (Å²) in [7, 11) is -3.74. The highest BCUT2D eigenvalue weighted by molar-refractivity contribution is 7.92. The molecule has 7 nitrogen and oxygen atoms in total. The molecule has 1 aromatic heterocycles. The number of H-pyrrole nitrogens is 1. The van der Waals surface area contributed by atoms with E-state index in [4.69, 9.17) is 5.73 Å². The topological polar surface area (TPSA) is 118 Å². The van der Waals surface area contributed by atoms with E-state index >= 15 is 0 Å². The van der Waals surface area contributed by atoms with E-state index in [1.54, 1.807) is 12.1 Å². The van der Waals surface area contributed by atoms with Crippen molar-refractivity contribution in [2.45, 2.75) is 17.9 Å². The van der Waals surface area contributed by atoms with Crippen molar-refractivity contribution < 1.29 is 8.42 Å². The predicted octanol–water partition coefficient (Wildman–Crippen LogP) is 0.590. The molecule has 20 heavy (non-hydrogen) atoms. The van der Waals surface area contributed by atoms with Crippen LogP contribution in [0.1, 0.15) is 18.5 Å². The van der Waals surface area contributed by atoms with Gasteiger partial charge in [0.25, 0.3) is 15.6 Å². The molecule has 2 rings (SSSR count). The maximum Gasteiger partial charge on any atom is 0.264 e. The van der Waals surface area contributed by atoms with Gasteiger partial charge in [-0.25, -0.2) is 13.5 Å². The van der Waals surface area contributed by atoms with Crippen LogP contribution in [-0.4, -0.2) is 18.6 Å². The fourth-order valence-electron chi connectivity index (χ4n) is 1.55. The molecule has 1 aromatic carbocycles. The molecule has 0 fully saturated rings. The molecule has 0 bridgehead atoms. The molecule has 0 aliphatic carbocycles. The Morgan fingerprint density at radius 1 is 1.20 bits per heavy atom. The molecule has 0 aliphatic rings. The zero-order valence-corrected chi connectivity index (χ0v) is 11.5. The molecular formula is C12H14N4O3S. The molecular weight excluding hydrogens is 280 g/mol. The minimum atomic E-state index is -3.74. The molecule has 0 radical (unpaired) electrons. The Bertz CT molecular complexity index is 731. The van der Waals surface area contributed by atoms with Gasteiger partial charge in [-0.1, -0.05) is 12.1 Å². The van der Waals surface area contributed by atoms with Gasteiger partial charge in [-0.15, -0.1) is 0 Å². The Hall–Kier alpha value is -2.19. The van der Waals surface area contributed by atoms with Crippen molar-refractivity contribution in [2.75, 3.05) is 4.72 Å². The second-order valence-electron chi connectivity index (χ2n) is 4.27. The molecule has 1 heterocycles. The summed E-state index contributed by atoms with van der Waals surface area (Å²) >= 11 is 0. The first-order valence-electron chi connectivity index (χ1n) is 5.82. The molecule has 0 saturated carbocycles. The predicted molar refractivity (Wildman–Crippen MR) is 74.7 cm³/mol. The standard InChI is InChI=1S/C12H14N4O3S/c1-8(13)9-2-4-10(5-3-9)20(18,19)16-11-6-7-12(17)15-14-11/h2-8H,13H2,1H3,(H,14,16)(H,15,17). The van der Waals surface area contributed by atoms with Crippen molar-refractivity contribution in [1.82, 2.24) is 10.2 Å². The SMILES string of the molecule is CC(N)c1ccc(S(=O)(=O)Nc2ccc(=O)[nH]n2)cc1. The molecule has 0 saturated heterocycles. The van der Waals surface area contributed by atoms with Gasteiger partial charge < -0.3 is 5.73 Å². The summed E-state index contributed by atoms with van der Waals surface area (Å²) in [5.41, 5.74) is 6.13. The number of benzene rings is 1. The van der Waals surface area contributed by atoms with Crippen molar-refractivity contribution in [2.24, 2.45) is 5.73 Å². The lowest BCUT2D eigenvalue weighted by molar-refractivity contribution is 0.600. The van der Waals surface area contributed by atoms with Crippen LogP contribution in [0.25, 0.3) is 0 Å². The third-order valence-electron chi connectivity index (χ3n) is 2.63.